The highest BCUT2D eigenvalue weighted by Gasteiger charge is 2.13. The Labute approximate surface area is 220 Å². The molecule has 1 amide bonds. The Morgan fingerprint density at radius 3 is 2.55 bits per heavy atom. The molecule has 1 aliphatic heterocycles. The third kappa shape index (κ3) is 5.35. The summed E-state index contributed by atoms with van der Waals surface area (Å²) in [5.74, 6) is 1.31. The highest BCUT2D eigenvalue weighted by atomic mass is 16.5. The Morgan fingerprint density at radius 2 is 1.79 bits per heavy atom. The summed E-state index contributed by atoms with van der Waals surface area (Å²) >= 11 is 0. The van der Waals surface area contributed by atoms with Gasteiger partial charge in [-0.2, -0.15) is 0 Å². The van der Waals surface area contributed by atoms with Crippen LogP contribution in [0.4, 0.5) is 11.4 Å². The number of aromatic amines is 1. The predicted octanol–water partition coefficient (Wildman–Crippen LogP) is 5.29. The summed E-state index contributed by atoms with van der Waals surface area (Å²) < 4.78 is 11.3. The number of nitrogens with one attached hydrogen (secondary N) is 2. The summed E-state index contributed by atoms with van der Waals surface area (Å²) in [5.41, 5.74) is 5.94. The summed E-state index contributed by atoms with van der Waals surface area (Å²) in [4.78, 5) is 27.4. The number of hydrogen-bond acceptors (Lipinski definition) is 6. The summed E-state index contributed by atoms with van der Waals surface area (Å²) in [5, 5.41) is 2.98. The number of imidazole rings is 1. The van der Waals surface area contributed by atoms with Crippen LogP contribution in [0.2, 0.25) is 0 Å². The van der Waals surface area contributed by atoms with E-state index in [1.807, 2.05) is 72.8 Å². The number of morpholine rings is 1. The fourth-order valence-electron chi connectivity index (χ4n) is 4.42. The van der Waals surface area contributed by atoms with Gasteiger partial charge in [-0.25, -0.2) is 4.98 Å². The van der Waals surface area contributed by atoms with Crippen molar-refractivity contribution < 1.29 is 14.3 Å². The van der Waals surface area contributed by atoms with Gasteiger partial charge in [-0.1, -0.05) is 18.2 Å². The Kier molecular flexibility index (Phi) is 6.70. The number of carbonyl (C=O) groups is 1. The summed E-state index contributed by atoms with van der Waals surface area (Å²) in [6.07, 6.45) is 1.75. The van der Waals surface area contributed by atoms with E-state index in [1.54, 1.807) is 18.3 Å². The van der Waals surface area contributed by atoms with Crippen LogP contribution in [0.3, 0.4) is 0 Å². The minimum Gasteiger partial charge on any atom is -0.487 e. The number of hydrogen-bond donors (Lipinski definition) is 2. The zero-order chi connectivity index (χ0) is 25.7. The van der Waals surface area contributed by atoms with E-state index in [-0.39, 0.29) is 5.91 Å². The van der Waals surface area contributed by atoms with Crippen LogP contribution in [0.5, 0.6) is 5.75 Å². The van der Waals surface area contributed by atoms with Crippen molar-refractivity contribution in [3.63, 3.8) is 0 Å². The van der Waals surface area contributed by atoms with Crippen LogP contribution < -0.4 is 15.0 Å². The van der Waals surface area contributed by atoms with Crippen molar-refractivity contribution in [1.82, 2.24) is 15.0 Å². The molecule has 2 N–H and O–H groups in total. The maximum absolute atomic E-state index is 12.8. The Morgan fingerprint density at radius 1 is 0.974 bits per heavy atom. The molecule has 0 unspecified atom stereocenters. The van der Waals surface area contributed by atoms with Gasteiger partial charge in [-0.15, -0.1) is 0 Å². The van der Waals surface area contributed by atoms with Crippen molar-refractivity contribution in [1.29, 1.82) is 0 Å². The van der Waals surface area contributed by atoms with E-state index in [0.29, 0.717) is 12.2 Å². The van der Waals surface area contributed by atoms with Gasteiger partial charge in [-0.3, -0.25) is 9.78 Å². The standard InChI is InChI=1S/C30H27N5O3/c36-30(32-23-8-10-25(11-9-23)35-15-17-37-18-16-35)22-6-4-21(5-7-22)29-33-27-13-12-26(19-28(27)34-29)38-20-24-3-1-2-14-31-24/h1-14,19H,15-18,20H2,(H,32,36)(H,33,34). The van der Waals surface area contributed by atoms with E-state index in [1.165, 1.54) is 0 Å². The molecule has 5 aromatic rings. The monoisotopic (exact) mass is 505 g/mol. The van der Waals surface area contributed by atoms with Gasteiger partial charge in [0.2, 0.25) is 0 Å². The van der Waals surface area contributed by atoms with Crippen LogP contribution in [-0.4, -0.2) is 47.2 Å². The minimum atomic E-state index is -0.157. The molecule has 3 aromatic carbocycles. The summed E-state index contributed by atoms with van der Waals surface area (Å²) in [6.45, 7) is 3.64. The molecule has 0 spiro atoms. The molecule has 0 atom stereocenters. The van der Waals surface area contributed by atoms with Gasteiger partial charge >= 0.3 is 0 Å². The number of pyridine rings is 1. The Balaban J connectivity index is 1.10. The van der Waals surface area contributed by atoms with E-state index >= 15 is 0 Å². The quantitative estimate of drug-likeness (QED) is 0.312. The van der Waals surface area contributed by atoms with Crippen LogP contribution in [0, 0.1) is 0 Å². The van der Waals surface area contributed by atoms with Crippen LogP contribution in [0.25, 0.3) is 22.4 Å². The van der Waals surface area contributed by atoms with Gasteiger partial charge in [0, 0.05) is 47.9 Å². The molecule has 2 aromatic heterocycles. The van der Waals surface area contributed by atoms with Gasteiger partial charge < -0.3 is 24.7 Å². The molecule has 1 fully saturated rings. The summed E-state index contributed by atoms with van der Waals surface area (Å²) in [7, 11) is 0. The molecule has 6 rings (SSSR count). The Hall–Kier alpha value is -4.69. The zero-order valence-corrected chi connectivity index (χ0v) is 20.8. The second-order valence-electron chi connectivity index (χ2n) is 9.05. The van der Waals surface area contributed by atoms with E-state index < -0.39 is 0 Å². The van der Waals surface area contributed by atoms with E-state index in [0.717, 1.165) is 71.5 Å². The first-order valence-corrected chi connectivity index (χ1v) is 12.6. The zero-order valence-electron chi connectivity index (χ0n) is 20.8. The lowest BCUT2D eigenvalue weighted by Crippen LogP contribution is -2.36. The largest absolute Gasteiger partial charge is 0.487 e. The molecule has 1 saturated heterocycles. The lowest BCUT2D eigenvalue weighted by atomic mass is 10.1. The smallest absolute Gasteiger partial charge is 0.255 e. The molecular formula is C30H27N5O3. The summed E-state index contributed by atoms with van der Waals surface area (Å²) in [6, 6.07) is 26.8. The second kappa shape index (κ2) is 10.7. The van der Waals surface area contributed by atoms with E-state index in [9.17, 15) is 4.79 Å². The fraction of sp³-hybridized carbons (Fsp3) is 0.167. The minimum absolute atomic E-state index is 0.157. The average Bonchev–Trinajstić information content (AvgIpc) is 3.41. The third-order valence-corrected chi connectivity index (χ3v) is 6.49. The second-order valence-corrected chi connectivity index (χ2v) is 9.05. The van der Waals surface area contributed by atoms with Crippen molar-refractivity contribution in [3.8, 4) is 17.1 Å². The highest BCUT2D eigenvalue weighted by Crippen LogP contribution is 2.25. The number of amides is 1. The molecule has 3 heterocycles. The van der Waals surface area contributed by atoms with E-state index in [2.05, 4.69) is 20.2 Å². The topological polar surface area (TPSA) is 92.4 Å². The molecule has 190 valence electrons. The molecule has 8 nitrogen and oxygen atoms in total. The predicted molar refractivity (Wildman–Crippen MR) is 148 cm³/mol. The lowest BCUT2D eigenvalue weighted by molar-refractivity contribution is 0.102. The van der Waals surface area contributed by atoms with E-state index in [4.69, 9.17) is 14.5 Å². The molecule has 0 saturated carbocycles. The molecule has 8 heteroatoms. The van der Waals surface area contributed by atoms with Crippen molar-refractivity contribution in [2.75, 3.05) is 36.5 Å². The first-order chi connectivity index (χ1) is 18.7. The SMILES string of the molecule is O=C(Nc1ccc(N2CCOCC2)cc1)c1ccc(-c2nc3ccc(OCc4ccccn4)cc3[nH]2)cc1. The number of ether oxygens (including phenoxy) is 2. The highest BCUT2D eigenvalue weighted by molar-refractivity contribution is 6.04. The number of anilines is 2. The number of nitrogens with zero attached hydrogens (tertiary/aromatic N) is 3. The van der Waals surface area contributed by atoms with Crippen molar-refractivity contribution in [3.05, 3.63) is 102 Å². The first-order valence-electron chi connectivity index (χ1n) is 12.6. The maximum Gasteiger partial charge on any atom is 0.255 e. The fourth-order valence-corrected chi connectivity index (χ4v) is 4.42. The van der Waals surface area contributed by atoms with Gasteiger partial charge in [0.05, 0.1) is 29.9 Å². The number of H-pyrrole nitrogens is 1. The Bertz CT molecular complexity index is 1530. The number of fused-ring (bicyclic) bond motifs is 1. The molecular weight excluding hydrogens is 478 g/mol. The van der Waals surface area contributed by atoms with Crippen LogP contribution in [-0.2, 0) is 11.3 Å². The molecule has 0 radical (unpaired) electrons. The van der Waals surface area contributed by atoms with Gasteiger partial charge in [0.15, 0.2) is 0 Å². The van der Waals surface area contributed by atoms with Gasteiger partial charge in [-0.05, 0) is 60.7 Å². The van der Waals surface area contributed by atoms with Crippen molar-refractivity contribution >= 4 is 28.3 Å². The molecule has 1 aliphatic rings. The number of rotatable bonds is 7. The first kappa shape index (κ1) is 23.7. The number of aromatic nitrogens is 3. The molecule has 38 heavy (non-hydrogen) atoms. The number of carbonyl (C=O) groups excluding carboxylic acids is 1. The molecule has 0 bridgehead atoms. The third-order valence-electron chi connectivity index (χ3n) is 6.49. The van der Waals surface area contributed by atoms with Crippen molar-refractivity contribution in [2.45, 2.75) is 6.61 Å². The average molecular weight is 506 g/mol. The van der Waals surface area contributed by atoms with Crippen LogP contribution in [0.1, 0.15) is 16.1 Å². The van der Waals surface area contributed by atoms with Crippen LogP contribution in [0.15, 0.2) is 91.1 Å². The van der Waals surface area contributed by atoms with Gasteiger partial charge in [0.25, 0.3) is 5.91 Å². The lowest BCUT2D eigenvalue weighted by Gasteiger charge is -2.28. The van der Waals surface area contributed by atoms with Crippen LogP contribution >= 0.6 is 0 Å². The maximum atomic E-state index is 12.8. The van der Waals surface area contributed by atoms with Gasteiger partial charge in [0.1, 0.15) is 18.2 Å². The van der Waals surface area contributed by atoms with Crippen molar-refractivity contribution in [2.24, 2.45) is 0 Å². The normalized spacial score (nSPS) is 13.4. The number of benzene rings is 3. The molecule has 0 aliphatic carbocycles.